The van der Waals surface area contributed by atoms with Crippen molar-refractivity contribution in [1.82, 2.24) is 15.1 Å². The third-order valence-electron chi connectivity index (χ3n) is 8.65. The molecule has 208 valence electrons. The molecule has 1 aliphatic carbocycles. The van der Waals surface area contributed by atoms with Crippen molar-refractivity contribution in [3.63, 3.8) is 0 Å². The van der Waals surface area contributed by atoms with Crippen LogP contribution in [0.15, 0.2) is 24.3 Å². The number of nitrogens with one attached hydrogen (secondary N) is 1. The number of benzene rings is 1. The summed E-state index contributed by atoms with van der Waals surface area (Å²) in [6.07, 6.45) is 5.71. The van der Waals surface area contributed by atoms with Crippen LogP contribution < -0.4 is 10.2 Å². The first-order chi connectivity index (χ1) is 18.5. The van der Waals surface area contributed by atoms with Crippen molar-refractivity contribution in [3.8, 4) is 0 Å². The number of hydrogen-bond donors (Lipinski definition) is 1. The number of Topliss-reactive ketones (excluding diaryl/α,β-unsaturated/α-hetero) is 1. The van der Waals surface area contributed by atoms with E-state index in [2.05, 4.69) is 15.1 Å². The highest BCUT2D eigenvalue weighted by molar-refractivity contribution is 7.99. The van der Waals surface area contributed by atoms with Crippen molar-refractivity contribution in [3.05, 3.63) is 29.8 Å². The fourth-order valence-corrected chi connectivity index (χ4v) is 7.22. The number of anilines is 1. The zero-order chi connectivity index (χ0) is 26.7. The van der Waals surface area contributed by atoms with Crippen LogP contribution in [0.2, 0.25) is 0 Å². The summed E-state index contributed by atoms with van der Waals surface area (Å²) in [6, 6.07) is 7.17. The molecule has 4 aliphatic rings. The zero-order valence-electron chi connectivity index (χ0n) is 22.5. The number of thioether (sulfide) groups is 1. The molecule has 2 amide bonds. The average molecular weight is 545 g/mol. The average Bonchev–Trinajstić information content (AvgIpc) is 3.52. The minimum atomic E-state index is -0.979. The highest BCUT2D eigenvalue weighted by Crippen LogP contribution is 2.38. The fourth-order valence-electron chi connectivity index (χ4n) is 6.41. The molecule has 1 saturated carbocycles. The summed E-state index contributed by atoms with van der Waals surface area (Å²) in [7, 11) is 1.73. The van der Waals surface area contributed by atoms with E-state index in [1.165, 1.54) is 0 Å². The van der Waals surface area contributed by atoms with E-state index in [4.69, 9.17) is 9.47 Å². The Morgan fingerprint density at radius 2 is 1.82 bits per heavy atom. The number of fused-ring (bicyclic) bond motifs is 1. The molecular formula is C28H40N4O5S. The topological polar surface area (TPSA) is 91.4 Å². The van der Waals surface area contributed by atoms with Gasteiger partial charge in [0.05, 0.1) is 18.0 Å². The largest absolute Gasteiger partial charge is 0.383 e. The Morgan fingerprint density at radius 1 is 1.11 bits per heavy atom. The molecule has 0 spiro atoms. The Hall–Kier alpha value is -2.14. The predicted molar refractivity (Wildman–Crippen MR) is 148 cm³/mol. The van der Waals surface area contributed by atoms with E-state index in [1.807, 2.05) is 30.5 Å². The first-order valence-electron chi connectivity index (χ1n) is 13.8. The minimum Gasteiger partial charge on any atom is -0.383 e. The van der Waals surface area contributed by atoms with Crippen LogP contribution in [0, 0.1) is 0 Å². The van der Waals surface area contributed by atoms with Gasteiger partial charge in [-0.2, -0.15) is 11.8 Å². The third-order valence-corrected chi connectivity index (χ3v) is 9.67. The molecule has 9 nitrogen and oxygen atoms in total. The van der Waals surface area contributed by atoms with E-state index in [9.17, 15) is 14.4 Å². The molecule has 3 saturated heterocycles. The van der Waals surface area contributed by atoms with Crippen LogP contribution >= 0.6 is 11.8 Å². The monoisotopic (exact) mass is 544 g/mol. The molecule has 5 rings (SSSR count). The lowest BCUT2D eigenvalue weighted by Crippen LogP contribution is -2.62. The van der Waals surface area contributed by atoms with Gasteiger partial charge >= 0.3 is 0 Å². The van der Waals surface area contributed by atoms with E-state index >= 15 is 0 Å². The van der Waals surface area contributed by atoms with Gasteiger partial charge in [-0.15, -0.1) is 0 Å². The SMILES string of the molecule is COCCN1CCN(c2ccc(C(=O)NC3(C(=O)N4C[C@H](SC)[C@H]5OCC(=O)[C@H]54)CCCCC3)cc2)CC1. The second kappa shape index (κ2) is 11.9. The Kier molecular flexibility index (Phi) is 8.62. The molecule has 0 aromatic heterocycles. The molecule has 10 heteroatoms. The molecule has 0 radical (unpaired) electrons. The van der Waals surface area contributed by atoms with Crippen molar-refractivity contribution in [2.75, 3.05) is 70.7 Å². The van der Waals surface area contributed by atoms with E-state index in [-0.39, 0.29) is 35.6 Å². The van der Waals surface area contributed by atoms with Gasteiger partial charge in [0.25, 0.3) is 5.91 Å². The quantitative estimate of drug-likeness (QED) is 0.530. The number of carbonyl (C=O) groups excluding carboxylic acids is 3. The number of piperazine rings is 1. The highest BCUT2D eigenvalue weighted by atomic mass is 32.2. The molecule has 3 aliphatic heterocycles. The third kappa shape index (κ3) is 5.46. The van der Waals surface area contributed by atoms with Crippen molar-refractivity contribution in [2.24, 2.45) is 0 Å². The number of nitrogens with zero attached hydrogens (tertiary/aromatic N) is 3. The lowest BCUT2D eigenvalue weighted by molar-refractivity contribution is -0.143. The summed E-state index contributed by atoms with van der Waals surface area (Å²) in [5.74, 6) is -0.395. The normalized spacial score (nSPS) is 27.4. The molecule has 38 heavy (non-hydrogen) atoms. The molecule has 1 aromatic carbocycles. The van der Waals surface area contributed by atoms with Gasteiger partial charge in [-0.25, -0.2) is 0 Å². The predicted octanol–water partition coefficient (Wildman–Crippen LogP) is 1.80. The number of hydrogen-bond acceptors (Lipinski definition) is 8. The van der Waals surface area contributed by atoms with E-state index in [0.29, 0.717) is 24.9 Å². The maximum Gasteiger partial charge on any atom is 0.252 e. The van der Waals surface area contributed by atoms with Crippen LogP contribution in [0.1, 0.15) is 42.5 Å². The number of ether oxygens (including phenoxy) is 2. The number of rotatable bonds is 8. The Bertz CT molecular complexity index is 1010. The standard InChI is InChI=1S/C28H40N4O5S/c1-36-17-16-30-12-14-31(15-13-30)21-8-6-20(7-9-21)26(34)29-28(10-4-3-5-11-28)27(35)32-18-23(38-2)25-24(32)22(33)19-37-25/h6-9,23-25H,3-5,10-19H2,1-2H3,(H,29,34)/t23-,24+,25+/m0/s1. The van der Waals surface area contributed by atoms with Gasteiger partial charge in [0, 0.05) is 57.6 Å². The summed E-state index contributed by atoms with van der Waals surface area (Å²) >= 11 is 1.63. The molecule has 1 N–H and O–H groups in total. The van der Waals surface area contributed by atoms with Crippen LogP contribution in [0.5, 0.6) is 0 Å². The summed E-state index contributed by atoms with van der Waals surface area (Å²) in [5.41, 5.74) is 0.668. The highest BCUT2D eigenvalue weighted by Gasteiger charge is 2.56. The summed E-state index contributed by atoms with van der Waals surface area (Å²) < 4.78 is 11.0. The second-order valence-corrected chi connectivity index (χ2v) is 12.0. The molecule has 4 fully saturated rings. The maximum atomic E-state index is 14.1. The zero-order valence-corrected chi connectivity index (χ0v) is 23.3. The number of amides is 2. The van der Waals surface area contributed by atoms with Gasteiger partial charge in [-0.05, 0) is 43.4 Å². The van der Waals surface area contributed by atoms with E-state index < -0.39 is 11.6 Å². The number of ketones is 1. The summed E-state index contributed by atoms with van der Waals surface area (Å²) in [6.45, 7) is 6.07. The minimum absolute atomic E-state index is 0.0349. The van der Waals surface area contributed by atoms with Gasteiger partial charge in [-0.3, -0.25) is 19.3 Å². The lowest BCUT2D eigenvalue weighted by atomic mass is 9.80. The smallest absolute Gasteiger partial charge is 0.252 e. The van der Waals surface area contributed by atoms with Crippen LogP contribution in [0.3, 0.4) is 0 Å². The van der Waals surface area contributed by atoms with Crippen LogP contribution in [0.4, 0.5) is 5.69 Å². The van der Waals surface area contributed by atoms with E-state index in [0.717, 1.165) is 64.3 Å². The lowest BCUT2D eigenvalue weighted by Gasteiger charge is -2.40. The van der Waals surface area contributed by atoms with Crippen molar-refractivity contribution >= 4 is 35.0 Å². The molecular weight excluding hydrogens is 504 g/mol. The summed E-state index contributed by atoms with van der Waals surface area (Å²) in [4.78, 5) is 46.6. The molecule has 1 aromatic rings. The Balaban J connectivity index is 1.26. The van der Waals surface area contributed by atoms with Gasteiger partial charge in [0.15, 0.2) is 5.78 Å². The molecule has 0 unspecified atom stereocenters. The number of likely N-dealkylation sites (tertiary alicyclic amines) is 1. The van der Waals surface area contributed by atoms with Gasteiger partial charge in [-0.1, -0.05) is 19.3 Å². The fraction of sp³-hybridized carbons (Fsp3) is 0.679. The Labute approximate surface area is 229 Å². The van der Waals surface area contributed by atoms with Crippen molar-refractivity contribution < 1.29 is 23.9 Å². The van der Waals surface area contributed by atoms with Crippen molar-refractivity contribution in [2.45, 2.75) is 55.0 Å². The summed E-state index contributed by atoms with van der Waals surface area (Å²) in [5, 5.41) is 3.23. The van der Waals surface area contributed by atoms with Crippen LogP contribution in [0.25, 0.3) is 0 Å². The van der Waals surface area contributed by atoms with Gasteiger partial charge in [0.2, 0.25) is 5.91 Å². The van der Waals surface area contributed by atoms with Gasteiger partial charge < -0.3 is 24.6 Å². The molecule has 3 atom stereocenters. The molecule has 3 heterocycles. The van der Waals surface area contributed by atoms with Crippen LogP contribution in [-0.4, -0.2) is 116 Å². The maximum absolute atomic E-state index is 14.1. The number of carbonyl (C=O) groups is 3. The first-order valence-corrected chi connectivity index (χ1v) is 15.1. The first kappa shape index (κ1) is 27.4. The number of methoxy groups -OCH3 is 1. The van der Waals surface area contributed by atoms with Gasteiger partial charge in [0.1, 0.15) is 18.2 Å². The van der Waals surface area contributed by atoms with E-state index in [1.54, 1.807) is 23.8 Å². The van der Waals surface area contributed by atoms with Crippen LogP contribution in [-0.2, 0) is 19.1 Å². The Morgan fingerprint density at radius 3 is 2.47 bits per heavy atom. The molecule has 0 bridgehead atoms. The van der Waals surface area contributed by atoms with Crippen molar-refractivity contribution in [1.29, 1.82) is 0 Å². The second-order valence-electron chi connectivity index (χ2n) is 10.9.